The van der Waals surface area contributed by atoms with Crippen LogP contribution in [0, 0.1) is 0 Å². The maximum absolute atomic E-state index is 9.16. The maximum Gasteiger partial charge on any atom is 0.0942 e. The quantitative estimate of drug-likeness (QED) is 0.582. The number of rotatable bonds is 4. The van der Waals surface area contributed by atoms with E-state index in [1.54, 1.807) is 6.20 Å². The summed E-state index contributed by atoms with van der Waals surface area (Å²) in [5.74, 6) is 0. The summed E-state index contributed by atoms with van der Waals surface area (Å²) in [6, 6.07) is 5.74. The highest BCUT2D eigenvalue weighted by Gasteiger charge is 2.02. The third kappa shape index (κ3) is 2.26. The standard InChI is InChI=1S/C10H13N3O2/c14-6-9(15)5-11-8-1-2-10-7(3-8)4-12-13-10/h1-4,9,11,14-15H,5-6H2,(H,12,13). The van der Waals surface area contributed by atoms with E-state index in [0.29, 0.717) is 6.54 Å². The SMILES string of the molecule is OCC(O)CNc1ccc2[nH]ncc2c1. The molecular formula is C10H13N3O2. The maximum atomic E-state index is 9.16. The van der Waals surface area contributed by atoms with Gasteiger partial charge in [-0.15, -0.1) is 0 Å². The molecule has 1 aromatic heterocycles. The van der Waals surface area contributed by atoms with E-state index in [2.05, 4.69) is 15.5 Å². The highest BCUT2D eigenvalue weighted by atomic mass is 16.3. The van der Waals surface area contributed by atoms with Crippen molar-refractivity contribution in [2.24, 2.45) is 0 Å². The first-order valence-electron chi connectivity index (χ1n) is 4.75. The van der Waals surface area contributed by atoms with Crippen molar-refractivity contribution >= 4 is 16.6 Å². The number of aromatic amines is 1. The van der Waals surface area contributed by atoms with Gasteiger partial charge in [-0.05, 0) is 18.2 Å². The predicted octanol–water partition coefficient (Wildman–Crippen LogP) is 0.328. The van der Waals surface area contributed by atoms with Crippen LogP contribution in [0.3, 0.4) is 0 Å². The second-order valence-corrected chi connectivity index (χ2v) is 3.39. The molecule has 80 valence electrons. The Morgan fingerprint density at radius 2 is 2.33 bits per heavy atom. The fourth-order valence-electron chi connectivity index (χ4n) is 1.35. The summed E-state index contributed by atoms with van der Waals surface area (Å²) in [6.45, 7) is 0.0980. The van der Waals surface area contributed by atoms with E-state index in [1.165, 1.54) is 0 Å². The van der Waals surface area contributed by atoms with E-state index >= 15 is 0 Å². The van der Waals surface area contributed by atoms with Gasteiger partial charge in [0.2, 0.25) is 0 Å². The van der Waals surface area contributed by atoms with Crippen LogP contribution in [-0.2, 0) is 0 Å². The van der Waals surface area contributed by atoms with Crippen LogP contribution in [0.15, 0.2) is 24.4 Å². The molecule has 1 heterocycles. The highest BCUT2D eigenvalue weighted by molar-refractivity contribution is 5.81. The zero-order valence-electron chi connectivity index (χ0n) is 8.14. The largest absolute Gasteiger partial charge is 0.394 e. The van der Waals surface area contributed by atoms with E-state index in [-0.39, 0.29) is 6.61 Å². The Balaban J connectivity index is 2.08. The number of anilines is 1. The summed E-state index contributed by atoms with van der Waals surface area (Å²) >= 11 is 0. The first kappa shape index (κ1) is 9.95. The van der Waals surface area contributed by atoms with Crippen molar-refractivity contribution in [3.63, 3.8) is 0 Å². The molecule has 0 saturated carbocycles. The van der Waals surface area contributed by atoms with E-state index in [9.17, 15) is 0 Å². The van der Waals surface area contributed by atoms with Gasteiger partial charge < -0.3 is 15.5 Å². The van der Waals surface area contributed by atoms with Crippen LogP contribution in [0.4, 0.5) is 5.69 Å². The van der Waals surface area contributed by atoms with Crippen LogP contribution in [-0.4, -0.2) is 39.7 Å². The number of H-pyrrole nitrogens is 1. The molecule has 4 N–H and O–H groups in total. The van der Waals surface area contributed by atoms with Crippen LogP contribution in [0.5, 0.6) is 0 Å². The summed E-state index contributed by atoms with van der Waals surface area (Å²) in [5, 5.41) is 28.6. The number of aliphatic hydroxyl groups excluding tert-OH is 2. The molecule has 1 atom stereocenters. The van der Waals surface area contributed by atoms with E-state index in [4.69, 9.17) is 10.2 Å². The smallest absolute Gasteiger partial charge is 0.0942 e. The fourth-order valence-corrected chi connectivity index (χ4v) is 1.35. The average Bonchev–Trinajstić information content (AvgIpc) is 2.72. The molecule has 5 nitrogen and oxygen atoms in total. The average molecular weight is 207 g/mol. The molecule has 2 aromatic rings. The Kier molecular flexibility index (Phi) is 2.84. The van der Waals surface area contributed by atoms with Gasteiger partial charge in [-0.1, -0.05) is 0 Å². The molecular weight excluding hydrogens is 194 g/mol. The van der Waals surface area contributed by atoms with Crippen LogP contribution in [0.1, 0.15) is 0 Å². The number of fused-ring (bicyclic) bond motifs is 1. The van der Waals surface area contributed by atoms with Gasteiger partial charge in [0.25, 0.3) is 0 Å². The fraction of sp³-hybridized carbons (Fsp3) is 0.300. The molecule has 1 aromatic carbocycles. The van der Waals surface area contributed by atoms with Gasteiger partial charge in [0.05, 0.1) is 24.4 Å². The minimum absolute atomic E-state index is 0.235. The minimum Gasteiger partial charge on any atom is -0.394 e. The molecule has 0 radical (unpaired) electrons. The van der Waals surface area contributed by atoms with Crippen molar-refractivity contribution < 1.29 is 10.2 Å². The van der Waals surface area contributed by atoms with Gasteiger partial charge in [0.15, 0.2) is 0 Å². The lowest BCUT2D eigenvalue weighted by Crippen LogP contribution is -2.22. The molecule has 15 heavy (non-hydrogen) atoms. The topological polar surface area (TPSA) is 81.2 Å². The van der Waals surface area contributed by atoms with Gasteiger partial charge in [0.1, 0.15) is 0 Å². The summed E-state index contributed by atoms with van der Waals surface area (Å²) in [5.41, 5.74) is 1.87. The number of aromatic nitrogens is 2. The Hall–Kier alpha value is -1.59. The van der Waals surface area contributed by atoms with Crippen LogP contribution in [0.2, 0.25) is 0 Å². The molecule has 0 aliphatic carbocycles. The predicted molar refractivity (Wildman–Crippen MR) is 57.7 cm³/mol. The van der Waals surface area contributed by atoms with Gasteiger partial charge in [-0.2, -0.15) is 5.10 Å². The van der Waals surface area contributed by atoms with E-state index < -0.39 is 6.10 Å². The summed E-state index contributed by atoms with van der Waals surface area (Å²) < 4.78 is 0. The van der Waals surface area contributed by atoms with E-state index in [0.717, 1.165) is 16.6 Å². The molecule has 5 heteroatoms. The number of hydrogen-bond donors (Lipinski definition) is 4. The van der Waals surface area contributed by atoms with Crippen molar-refractivity contribution in [1.29, 1.82) is 0 Å². The van der Waals surface area contributed by atoms with Crippen molar-refractivity contribution in [1.82, 2.24) is 10.2 Å². The third-order valence-electron chi connectivity index (χ3n) is 2.19. The van der Waals surface area contributed by atoms with Crippen molar-refractivity contribution in [2.45, 2.75) is 6.10 Å². The number of nitrogens with one attached hydrogen (secondary N) is 2. The lowest BCUT2D eigenvalue weighted by molar-refractivity contribution is 0.105. The number of hydrogen-bond acceptors (Lipinski definition) is 4. The van der Waals surface area contributed by atoms with Crippen LogP contribution < -0.4 is 5.32 Å². The second kappa shape index (κ2) is 4.29. The Morgan fingerprint density at radius 1 is 1.47 bits per heavy atom. The van der Waals surface area contributed by atoms with Gasteiger partial charge in [-0.25, -0.2) is 0 Å². The van der Waals surface area contributed by atoms with Crippen LogP contribution in [0.25, 0.3) is 10.9 Å². The number of benzene rings is 1. The van der Waals surface area contributed by atoms with Gasteiger partial charge in [-0.3, -0.25) is 5.10 Å². The molecule has 0 aliphatic heterocycles. The molecule has 0 bridgehead atoms. The van der Waals surface area contributed by atoms with Crippen molar-refractivity contribution in [3.05, 3.63) is 24.4 Å². The highest BCUT2D eigenvalue weighted by Crippen LogP contribution is 2.16. The second-order valence-electron chi connectivity index (χ2n) is 3.39. The Morgan fingerprint density at radius 3 is 3.13 bits per heavy atom. The van der Waals surface area contributed by atoms with Crippen LogP contribution >= 0.6 is 0 Å². The molecule has 0 saturated heterocycles. The van der Waals surface area contributed by atoms with Gasteiger partial charge in [0, 0.05) is 17.6 Å². The Labute approximate surface area is 86.7 Å². The van der Waals surface area contributed by atoms with Crippen molar-refractivity contribution in [2.75, 3.05) is 18.5 Å². The molecule has 1 unspecified atom stereocenters. The molecule has 0 spiro atoms. The minimum atomic E-state index is -0.731. The number of nitrogens with zero attached hydrogens (tertiary/aromatic N) is 1. The monoisotopic (exact) mass is 207 g/mol. The van der Waals surface area contributed by atoms with Crippen molar-refractivity contribution in [3.8, 4) is 0 Å². The first-order chi connectivity index (χ1) is 7.29. The summed E-state index contributed by atoms with van der Waals surface area (Å²) in [4.78, 5) is 0. The normalized spacial score (nSPS) is 12.9. The van der Waals surface area contributed by atoms with E-state index in [1.807, 2.05) is 18.2 Å². The Bertz CT molecular complexity index is 441. The molecule has 0 fully saturated rings. The zero-order valence-corrected chi connectivity index (χ0v) is 8.14. The molecule has 2 rings (SSSR count). The summed E-state index contributed by atoms with van der Waals surface area (Å²) in [7, 11) is 0. The third-order valence-corrected chi connectivity index (χ3v) is 2.19. The number of aliphatic hydroxyl groups is 2. The lowest BCUT2D eigenvalue weighted by atomic mass is 10.2. The lowest BCUT2D eigenvalue weighted by Gasteiger charge is -2.09. The first-order valence-corrected chi connectivity index (χ1v) is 4.75. The zero-order chi connectivity index (χ0) is 10.7. The molecule has 0 amide bonds. The molecule has 0 aliphatic rings. The summed E-state index contributed by atoms with van der Waals surface area (Å²) in [6.07, 6.45) is 1.01. The van der Waals surface area contributed by atoms with Gasteiger partial charge >= 0.3 is 0 Å².